The summed E-state index contributed by atoms with van der Waals surface area (Å²) in [4.78, 5) is 38.2. The summed E-state index contributed by atoms with van der Waals surface area (Å²) in [6, 6.07) is 6.91. The molecule has 2 heterocycles. The molecular weight excluding hydrogens is 402 g/mol. The molecule has 2 amide bonds. The quantitative estimate of drug-likeness (QED) is 0.643. The highest BCUT2D eigenvalue weighted by Gasteiger charge is 2.33. The average Bonchev–Trinajstić information content (AvgIpc) is 3.14. The Morgan fingerprint density at radius 1 is 1.19 bits per heavy atom. The third-order valence-electron chi connectivity index (χ3n) is 5.47. The number of nitrogens with one attached hydrogen (secondary N) is 1. The van der Waals surface area contributed by atoms with Crippen LogP contribution in [-0.2, 0) is 29.6 Å². The lowest BCUT2D eigenvalue weighted by Crippen LogP contribution is -2.34. The van der Waals surface area contributed by atoms with Crippen LogP contribution in [0.4, 0.5) is 0 Å². The Hall–Kier alpha value is -3.49. The Morgan fingerprint density at radius 3 is 2.65 bits per heavy atom. The second-order valence-corrected chi connectivity index (χ2v) is 7.52. The zero-order valence-electron chi connectivity index (χ0n) is 17.9. The minimum absolute atomic E-state index is 0.0577. The predicted octanol–water partition coefficient (Wildman–Crippen LogP) is 0.815. The van der Waals surface area contributed by atoms with Crippen LogP contribution in [0.2, 0.25) is 0 Å². The van der Waals surface area contributed by atoms with Crippen molar-refractivity contribution < 1.29 is 24.2 Å². The van der Waals surface area contributed by atoms with Crippen molar-refractivity contribution in [3.63, 3.8) is 0 Å². The van der Waals surface area contributed by atoms with E-state index in [1.54, 1.807) is 30.7 Å². The SMILES string of the molecule is COc1ccc(CCN2CC(C(=O)NCc3cc(=O)c(O)cn3C)CC2=O)cc1OC. The number of hydrogen-bond acceptors (Lipinski definition) is 6. The summed E-state index contributed by atoms with van der Waals surface area (Å²) in [6.07, 6.45) is 2.10. The number of hydrogen-bond donors (Lipinski definition) is 2. The van der Waals surface area contributed by atoms with E-state index in [0.29, 0.717) is 36.7 Å². The Kier molecular flexibility index (Phi) is 6.84. The molecule has 0 spiro atoms. The lowest BCUT2D eigenvalue weighted by Gasteiger charge is -2.17. The second kappa shape index (κ2) is 9.55. The summed E-state index contributed by atoms with van der Waals surface area (Å²) < 4.78 is 12.1. The first-order valence-electron chi connectivity index (χ1n) is 9.97. The van der Waals surface area contributed by atoms with Crippen LogP contribution in [0.25, 0.3) is 0 Å². The van der Waals surface area contributed by atoms with Crippen molar-refractivity contribution in [2.75, 3.05) is 27.3 Å². The number of likely N-dealkylation sites (tertiary alicyclic amines) is 1. The highest BCUT2D eigenvalue weighted by Crippen LogP contribution is 2.28. The van der Waals surface area contributed by atoms with E-state index in [1.807, 2.05) is 18.2 Å². The first-order chi connectivity index (χ1) is 14.8. The molecule has 1 aliphatic rings. The molecule has 31 heavy (non-hydrogen) atoms. The maximum Gasteiger partial charge on any atom is 0.225 e. The summed E-state index contributed by atoms with van der Waals surface area (Å²) in [5, 5.41) is 12.2. The van der Waals surface area contributed by atoms with Crippen molar-refractivity contribution in [3.8, 4) is 17.2 Å². The van der Waals surface area contributed by atoms with Crippen molar-refractivity contribution in [2.45, 2.75) is 19.4 Å². The summed E-state index contributed by atoms with van der Waals surface area (Å²) in [6.45, 7) is 0.998. The Balaban J connectivity index is 1.54. The van der Waals surface area contributed by atoms with Crippen molar-refractivity contribution in [2.24, 2.45) is 13.0 Å². The van der Waals surface area contributed by atoms with E-state index in [1.165, 1.54) is 12.3 Å². The molecule has 0 saturated carbocycles. The van der Waals surface area contributed by atoms with Crippen LogP contribution in [0.3, 0.4) is 0 Å². The number of nitrogens with zero attached hydrogens (tertiary/aromatic N) is 2. The number of aromatic hydroxyl groups is 1. The van der Waals surface area contributed by atoms with E-state index in [4.69, 9.17) is 9.47 Å². The van der Waals surface area contributed by atoms with E-state index >= 15 is 0 Å². The molecule has 0 bridgehead atoms. The number of amides is 2. The maximum absolute atomic E-state index is 12.5. The molecule has 9 heteroatoms. The molecule has 9 nitrogen and oxygen atoms in total. The van der Waals surface area contributed by atoms with Crippen LogP contribution < -0.4 is 20.2 Å². The Morgan fingerprint density at radius 2 is 1.94 bits per heavy atom. The molecule has 1 unspecified atom stereocenters. The van der Waals surface area contributed by atoms with Gasteiger partial charge in [0.2, 0.25) is 17.2 Å². The number of carbonyl (C=O) groups excluding carboxylic acids is 2. The summed E-state index contributed by atoms with van der Waals surface area (Å²) in [5.41, 5.74) is 1.07. The third-order valence-corrected chi connectivity index (χ3v) is 5.47. The van der Waals surface area contributed by atoms with Gasteiger partial charge in [-0.05, 0) is 24.1 Å². The van der Waals surface area contributed by atoms with Gasteiger partial charge in [0, 0.05) is 44.5 Å². The minimum Gasteiger partial charge on any atom is -0.503 e. The van der Waals surface area contributed by atoms with Crippen molar-refractivity contribution in [1.82, 2.24) is 14.8 Å². The minimum atomic E-state index is -0.500. The van der Waals surface area contributed by atoms with E-state index in [2.05, 4.69) is 5.32 Å². The van der Waals surface area contributed by atoms with E-state index in [-0.39, 0.29) is 30.5 Å². The lowest BCUT2D eigenvalue weighted by molar-refractivity contribution is -0.129. The fraction of sp³-hybridized carbons (Fsp3) is 0.409. The first-order valence-corrected chi connectivity index (χ1v) is 9.97. The molecule has 3 rings (SSSR count). The molecule has 0 radical (unpaired) electrons. The fourth-order valence-electron chi connectivity index (χ4n) is 3.62. The molecule has 2 aromatic rings. The van der Waals surface area contributed by atoms with Crippen LogP contribution in [0, 0.1) is 5.92 Å². The van der Waals surface area contributed by atoms with Crippen LogP contribution in [-0.4, -0.2) is 53.7 Å². The van der Waals surface area contributed by atoms with Crippen LogP contribution >= 0.6 is 0 Å². The van der Waals surface area contributed by atoms with Gasteiger partial charge < -0.3 is 29.4 Å². The van der Waals surface area contributed by atoms with Gasteiger partial charge in [-0.2, -0.15) is 0 Å². The molecule has 1 aliphatic heterocycles. The monoisotopic (exact) mass is 429 g/mol. The average molecular weight is 429 g/mol. The number of carbonyl (C=O) groups is 2. The number of aryl methyl sites for hydroxylation is 1. The second-order valence-electron chi connectivity index (χ2n) is 7.52. The van der Waals surface area contributed by atoms with Gasteiger partial charge in [-0.3, -0.25) is 14.4 Å². The van der Waals surface area contributed by atoms with Crippen LogP contribution in [0.5, 0.6) is 17.2 Å². The molecule has 1 fully saturated rings. The summed E-state index contributed by atoms with van der Waals surface area (Å²) in [7, 11) is 4.83. The molecular formula is C22H27N3O6. The molecule has 1 aromatic heterocycles. The molecule has 1 saturated heterocycles. The fourth-order valence-corrected chi connectivity index (χ4v) is 3.62. The third kappa shape index (κ3) is 5.17. The van der Waals surface area contributed by atoms with Gasteiger partial charge in [0.15, 0.2) is 17.2 Å². The number of aromatic nitrogens is 1. The van der Waals surface area contributed by atoms with E-state index in [9.17, 15) is 19.5 Å². The Bertz CT molecular complexity index is 1030. The number of methoxy groups -OCH3 is 2. The number of pyridine rings is 1. The van der Waals surface area contributed by atoms with E-state index in [0.717, 1.165) is 5.56 Å². The van der Waals surface area contributed by atoms with Gasteiger partial charge in [0.1, 0.15) is 0 Å². The number of ether oxygens (including phenoxy) is 2. The molecule has 1 atom stereocenters. The van der Waals surface area contributed by atoms with Crippen molar-refractivity contribution in [1.29, 1.82) is 0 Å². The standard InChI is InChI=1S/C22H27N3O6/c1-24-13-18(27)17(26)10-16(24)11-23-22(29)15-9-21(28)25(12-15)7-6-14-4-5-19(30-2)20(8-14)31-3/h4-5,8,10,13,15,27H,6-7,9,11-12H2,1-3H3,(H,23,29). The highest BCUT2D eigenvalue weighted by molar-refractivity contribution is 5.89. The molecule has 0 aliphatic carbocycles. The summed E-state index contributed by atoms with van der Waals surface area (Å²) in [5.74, 6) is 0.205. The zero-order valence-corrected chi connectivity index (χ0v) is 17.9. The zero-order chi connectivity index (χ0) is 22.5. The van der Waals surface area contributed by atoms with Gasteiger partial charge in [0.25, 0.3) is 0 Å². The number of benzene rings is 1. The Labute approximate surface area is 180 Å². The van der Waals surface area contributed by atoms with Crippen LogP contribution in [0.15, 0.2) is 35.3 Å². The molecule has 2 N–H and O–H groups in total. The smallest absolute Gasteiger partial charge is 0.225 e. The highest BCUT2D eigenvalue weighted by atomic mass is 16.5. The molecule has 1 aromatic carbocycles. The van der Waals surface area contributed by atoms with Gasteiger partial charge in [0.05, 0.1) is 26.7 Å². The lowest BCUT2D eigenvalue weighted by atomic mass is 10.1. The van der Waals surface area contributed by atoms with Gasteiger partial charge >= 0.3 is 0 Å². The van der Waals surface area contributed by atoms with Crippen molar-refractivity contribution >= 4 is 11.8 Å². The van der Waals surface area contributed by atoms with E-state index < -0.39 is 11.3 Å². The maximum atomic E-state index is 12.5. The normalized spacial score (nSPS) is 15.8. The topological polar surface area (TPSA) is 110 Å². The van der Waals surface area contributed by atoms with Crippen molar-refractivity contribution in [3.05, 3.63) is 51.9 Å². The summed E-state index contributed by atoms with van der Waals surface area (Å²) >= 11 is 0. The van der Waals surface area contributed by atoms with Gasteiger partial charge in [-0.25, -0.2) is 0 Å². The first kappa shape index (κ1) is 22.2. The molecule has 166 valence electrons. The van der Waals surface area contributed by atoms with Crippen LogP contribution in [0.1, 0.15) is 17.7 Å². The van der Waals surface area contributed by atoms with Gasteiger partial charge in [-0.1, -0.05) is 6.07 Å². The number of rotatable bonds is 8. The largest absolute Gasteiger partial charge is 0.503 e. The van der Waals surface area contributed by atoms with Gasteiger partial charge in [-0.15, -0.1) is 0 Å². The predicted molar refractivity (Wildman–Crippen MR) is 113 cm³/mol.